The lowest BCUT2D eigenvalue weighted by atomic mass is 10.1. The lowest BCUT2D eigenvalue weighted by Crippen LogP contribution is -1.98. The van der Waals surface area contributed by atoms with Crippen molar-refractivity contribution in [1.82, 2.24) is 0 Å². The molecule has 1 heteroatoms. The maximum atomic E-state index is 4.51. The summed E-state index contributed by atoms with van der Waals surface area (Å²) < 4.78 is 0. The van der Waals surface area contributed by atoms with Gasteiger partial charge in [-0.1, -0.05) is 26.8 Å². The lowest BCUT2D eigenvalue weighted by molar-refractivity contribution is 0.676. The zero-order valence-electron chi connectivity index (χ0n) is 8.59. The number of rotatable bonds is 3. The molecular weight excluding hydrogens is 146 g/mol. The van der Waals surface area contributed by atoms with E-state index in [1.54, 1.807) is 0 Å². The van der Waals surface area contributed by atoms with E-state index in [0.717, 1.165) is 0 Å². The van der Waals surface area contributed by atoms with Gasteiger partial charge < -0.3 is 0 Å². The van der Waals surface area contributed by atoms with Gasteiger partial charge in [-0.3, -0.25) is 4.99 Å². The predicted octanol–water partition coefficient (Wildman–Crippen LogP) is 3.42. The Kier molecular flexibility index (Phi) is 2.71. The predicted molar refractivity (Wildman–Crippen MR) is 54.4 cm³/mol. The second-order valence-electron chi connectivity index (χ2n) is 4.26. The third-order valence-corrected chi connectivity index (χ3v) is 2.40. The van der Waals surface area contributed by atoms with E-state index in [4.69, 9.17) is 0 Å². The van der Waals surface area contributed by atoms with Crippen molar-refractivity contribution in [2.45, 2.75) is 40.5 Å². The summed E-state index contributed by atoms with van der Waals surface area (Å²) in [6, 6.07) is 0. The summed E-state index contributed by atoms with van der Waals surface area (Å²) in [5.74, 6) is 0.558. The normalized spacial score (nSPS) is 22.2. The Labute approximate surface area is 75.6 Å². The number of hydrogen-bond donors (Lipinski definition) is 0. The molecule has 0 atom stereocenters. The van der Waals surface area contributed by atoms with E-state index in [-0.39, 0.29) is 0 Å². The molecule has 1 saturated carbocycles. The first-order chi connectivity index (χ1) is 5.58. The molecule has 0 aromatic heterocycles. The molecule has 1 fully saturated rings. The van der Waals surface area contributed by atoms with Crippen molar-refractivity contribution < 1.29 is 0 Å². The van der Waals surface area contributed by atoms with Crippen molar-refractivity contribution in [2.75, 3.05) is 0 Å². The Morgan fingerprint density at radius 1 is 1.42 bits per heavy atom. The summed E-state index contributed by atoms with van der Waals surface area (Å²) >= 11 is 0. The van der Waals surface area contributed by atoms with E-state index < -0.39 is 0 Å². The van der Waals surface area contributed by atoms with Crippen LogP contribution in [0.5, 0.6) is 0 Å². The third-order valence-electron chi connectivity index (χ3n) is 2.40. The molecule has 0 saturated heterocycles. The van der Waals surface area contributed by atoms with Gasteiger partial charge in [0.05, 0.1) is 0 Å². The van der Waals surface area contributed by atoms with Crippen molar-refractivity contribution in [3.05, 3.63) is 11.8 Å². The standard InChI is InChI=1S/C11H19N/c1-5-10(11(4)6-7-11)12-8-9(2)3/h5,8-9H,6-7H2,1-4H3/b10-5-,12-8+. The quantitative estimate of drug-likeness (QED) is 0.568. The fourth-order valence-corrected chi connectivity index (χ4v) is 1.25. The zero-order valence-corrected chi connectivity index (χ0v) is 8.59. The zero-order chi connectivity index (χ0) is 9.19. The highest BCUT2D eigenvalue weighted by molar-refractivity contribution is 5.61. The second kappa shape index (κ2) is 3.42. The average molecular weight is 165 g/mol. The van der Waals surface area contributed by atoms with Crippen LogP contribution in [0, 0.1) is 11.3 Å². The minimum Gasteiger partial charge on any atom is -0.265 e. The summed E-state index contributed by atoms with van der Waals surface area (Å²) in [4.78, 5) is 4.51. The molecular formula is C11H19N. The molecule has 1 nitrogen and oxygen atoms in total. The van der Waals surface area contributed by atoms with Crippen LogP contribution >= 0.6 is 0 Å². The van der Waals surface area contributed by atoms with Gasteiger partial charge in [-0.15, -0.1) is 0 Å². The van der Waals surface area contributed by atoms with Crippen LogP contribution in [-0.2, 0) is 0 Å². The highest BCUT2D eigenvalue weighted by atomic mass is 14.8. The van der Waals surface area contributed by atoms with Crippen LogP contribution in [-0.4, -0.2) is 6.21 Å². The van der Waals surface area contributed by atoms with Crippen molar-refractivity contribution in [2.24, 2.45) is 16.3 Å². The van der Waals surface area contributed by atoms with Crippen LogP contribution in [0.15, 0.2) is 16.8 Å². The molecule has 0 aromatic carbocycles. The molecule has 0 bridgehead atoms. The van der Waals surface area contributed by atoms with Gasteiger partial charge in [-0.05, 0) is 25.7 Å². The van der Waals surface area contributed by atoms with E-state index >= 15 is 0 Å². The number of allylic oxidation sites excluding steroid dienone is 2. The maximum absolute atomic E-state index is 4.51. The van der Waals surface area contributed by atoms with Crippen molar-refractivity contribution in [3.63, 3.8) is 0 Å². The molecule has 0 aliphatic heterocycles. The summed E-state index contributed by atoms with van der Waals surface area (Å²) in [6.07, 6.45) is 6.80. The summed E-state index contributed by atoms with van der Waals surface area (Å²) in [6.45, 7) is 8.69. The molecule has 1 aliphatic carbocycles. The van der Waals surface area contributed by atoms with Gasteiger partial charge in [0.1, 0.15) is 0 Å². The average Bonchev–Trinajstić information content (AvgIpc) is 2.69. The molecule has 0 N–H and O–H groups in total. The van der Waals surface area contributed by atoms with Gasteiger partial charge in [0.25, 0.3) is 0 Å². The van der Waals surface area contributed by atoms with E-state index in [0.29, 0.717) is 11.3 Å². The van der Waals surface area contributed by atoms with Crippen LogP contribution < -0.4 is 0 Å². The Morgan fingerprint density at radius 2 is 2.00 bits per heavy atom. The topological polar surface area (TPSA) is 12.4 Å². The van der Waals surface area contributed by atoms with Crippen LogP contribution in [0.2, 0.25) is 0 Å². The van der Waals surface area contributed by atoms with E-state index in [1.165, 1.54) is 18.5 Å². The molecule has 0 radical (unpaired) electrons. The highest BCUT2D eigenvalue weighted by Crippen LogP contribution is 2.51. The Balaban J connectivity index is 2.59. The van der Waals surface area contributed by atoms with Crippen LogP contribution in [0.3, 0.4) is 0 Å². The summed E-state index contributed by atoms with van der Waals surface area (Å²) in [5.41, 5.74) is 1.69. The molecule has 1 rings (SSSR count). The smallest absolute Gasteiger partial charge is 0.0416 e. The van der Waals surface area contributed by atoms with Crippen molar-refractivity contribution in [1.29, 1.82) is 0 Å². The van der Waals surface area contributed by atoms with Crippen LogP contribution in [0.25, 0.3) is 0 Å². The van der Waals surface area contributed by atoms with E-state index in [9.17, 15) is 0 Å². The maximum Gasteiger partial charge on any atom is 0.0416 e. The minimum atomic E-state index is 0.417. The molecule has 0 aromatic rings. The Bertz CT molecular complexity index is 207. The monoisotopic (exact) mass is 165 g/mol. The fourth-order valence-electron chi connectivity index (χ4n) is 1.25. The first kappa shape index (κ1) is 9.50. The van der Waals surface area contributed by atoms with Crippen molar-refractivity contribution >= 4 is 6.21 Å². The lowest BCUT2D eigenvalue weighted by Gasteiger charge is -2.08. The van der Waals surface area contributed by atoms with Gasteiger partial charge in [0.15, 0.2) is 0 Å². The summed E-state index contributed by atoms with van der Waals surface area (Å²) in [5, 5.41) is 0. The second-order valence-corrected chi connectivity index (χ2v) is 4.26. The minimum absolute atomic E-state index is 0.417. The SMILES string of the molecule is C/C=C(\N=C\C(C)C)C1(C)CC1. The molecule has 0 heterocycles. The molecule has 68 valence electrons. The first-order valence-corrected chi connectivity index (χ1v) is 4.79. The van der Waals surface area contributed by atoms with Crippen LogP contribution in [0.1, 0.15) is 40.5 Å². The van der Waals surface area contributed by atoms with Gasteiger partial charge >= 0.3 is 0 Å². The van der Waals surface area contributed by atoms with Gasteiger partial charge in [0, 0.05) is 17.3 Å². The molecule has 0 spiro atoms. The Morgan fingerprint density at radius 3 is 2.33 bits per heavy atom. The fraction of sp³-hybridized carbons (Fsp3) is 0.727. The van der Waals surface area contributed by atoms with Gasteiger partial charge in [-0.25, -0.2) is 0 Å². The van der Waals surface area contributed by atoms with E-state index in [2.05, 4.69) is 38.8 Å². The molecule has 1 aliphatic rings. The van der Waals surface area contributed by atoms with Crippen LogP contribution in [0.4, 0.5) is 0 Å². The van der Waals surface area contributed by atoms with E-state index in [1.807, 2.05) is 6.21 Å². The summed E-state index contributed by atoms with van der Waals surface area (Å²) in [7, 11) is 0. The largest absolute Gasteiger partial charge is 0.265 e. The Hall–Kier alpha value is -0.590. The third kappa shape index (κ3) is 2.20. The molecule has 0 unspecified atom stereocenters. The van der Waals surface area contributed by atoms with Crippen molar-refractivity contribution in [3.8, 4) is 0 Å². The molecule has 12 heavy (non-hydrogen) atoms. The first-order valence-electron chi connectivity index (χ1n) is 4.79. The van der Waals surface area contributed by atoms with Gasteiger partial charge in [-0.2, -0.15) is 0 Å². The highest BCUT2D eigenvalue weighted by Gasteiger charge is 2.40. The number of nitrogens with zero attached hydrogens (tertiary/aromatic N) is 1. The van der Waals surface area contributed by atoms with Gasteiger partial charge in [0.2, 0.25) is 0 Å². The number of aliphatic imine (C=N–C) groups is 1. The number of hydrogen-bond acceptors (Lipinski definition) is 1. The molecule has 0 amide bonds.